The molecule has 1 fully saturated rings. The monoisotopic (exact) mass is 385 g/mol. The smallest absolute Gasteiger partial charge is 0.339 e. The standard InChI is InChI=1S/C17H27N3O5S/c1-5-13-14(17(22)25-3)11(2)15(19-13)16(21)18-10-12-6-8-20(9-7-12)26(4,23)24/h12,19H,5-10H2,1-4H3,(H,18,21). The van der Waals surface area contributed by atoms with Gasteiger partial charge in [-0.15, -0.1) is 0 Å². The highest BCUT2D eigenvalue weighted by Crippen LogP contribution is 2.21. The summed E-state index contributed by atoms with van der Waals surface area (Å²) >= 11 is 0. The molecule has 1 saturated heterocycles. The van der Waals surface area contributed by atoms with Crippen LogP contribution in [0, 0.1) is 12.8 Å². The van der Waals surface area contributed by atoms with Crippen molar-refractivity contribution in [2.45, 2.75) is 33.1 Å². The second-order valence-corrected chi connectivity index (χ2v) is 8.62. The van der Waals surface area contributed by atoms with Crippen LogP contribution in [-0.4, -0.2) is 62.6 Å². The highest BCUT2D eigenvalue weighted by Gasteiger charge is 2.27. The zero-order valence-corrected chi connectivity index (χ0v) is 16.5. The van der Waals surface area contributed by atoms with Crippen molar-refractivity contribution in [3.05, 3.63) is 22.5 Å². The van der Waals surface area contributed by atoms with Crippen molar-refractivity contribution >= 4 is 21.9 Å². The Labute approximate surface area is 154 Å². The molecule has 1 amide bonds. The van der Waals surface area contributed by atoms with Crippen LogP contribution in [0.15, 0.2) is 0 Å². The fraction of sp³-hybridized carbons (Fsp3) is 0.647. The van der Waals surface area contributed by atoms with Crippen LogP contribution in [0.5, 0.6) is 0 Å². The Bertz CT molecular complexity index is 777. The number of piperidine rings is 1. The van der Waals surface area contributed by atoms with Crippen LogP contribution < -0.4 is 5.32 Å². The molecule has 0 spiro atoms. The summed E-state index contributed by atoms with van der Waals surface area (Å²) in [6.07, 6.45) is 3.23. The maximum absolute atomic E-state index is 12.5. The molecule has 1 aromatic heterocycles. The number of ether oxygens (including phenoxy) is 1. The van der Waals surface area contributed by atoms with Gasteiger partial charge in [-0.2, -0.15) is 0 Å². The van der Waals surface area contributed by atoms with Crippen molar-refractivity contribution in [3.8, 4) is 0 Å². The van der Waals surface area contributed by atoms with Crippen molar-refractivity contribution < 1.29 is 22.7 Å². The fourth-order valence-electron chi connectivity index (χ4n) is 3.30. The van der Waals surface area contributed by atoms with Gasteiger partial charge < -0.3 is 15.0 Å². The number of methoxy groups -OCH3 is 1. The quantitative estimate of drug-likeness (QED) is 0.712. The summed E-state index contributed by atoms with van der Waals surface area (Å²) in [6, 6.07) is 0. The number of H-pyrrole nitrogens is 1. The van der Waals surface area contributed by atoms with Gasteiger partial charge in [-0.05, 0) is 37.7 Å². The van der Waals surface area contributed by atoms with Gasteiger partial charge in [-0.1, -0.05) is 6.92 Å². The van der Waals surface area contributed by atoms with E-state index in [2.05, 4.69) is 10.3 Å². The van der Waals surface area contributed by atoms with Crippen LogP contribution in [-0.2, 0) is 21.2 Å². The zero-order chi connectivity index (χ0) is 19.5. The number of nitrogens with one attached hydrogen (secondary N) is 2. The van der Waals surface area contributed by atoms with Gasteiger partial charge in [0.05, 0.1) is 18.9 Å². The normalized spacial score (nSPS) is 16.5. The summed E-state index contributed by atoms with van der Waals surface area (Å²) in [5.74, 6) is -0.487. The lowest BCUT2D eigenvalue weighted by atomic mass is 9.98. The number of hydrogen-bond acceptors (Lipinski definition) is 5. The van der Waals surface area contributed by atoms with Crippen molar-refractivity contribution in [1.82, 2.24) is 14.6 Å². The number of sulfonamides is 1. The van der Waals surface area contributed by atoms with Crippen LogP contribution >= 0.6 is 0 Å². The predicted octanol–water partition coefficient (Wildman–Crippen LogP) is 1.07. The van der Waals surface area contributed by atoms with E-state index in [9.17, 15) is 18.0 Å². The second-order valence-electron chi connectivity index (χ2n) is 6.64. The number of amides is 1. The Morgan fingerprint density at radius 3 is 2.42 bits per heavy atom. The summed E-state index contributed by atoms with van der Waals surface area (Å²) < 4.78 is 29.3. The Morgan fingerprint density at radius 2 is 1.92 bits per heavy atom. The van der Waals surface area contributed by atoms with E-state index in [0.717, 1.165) is 0 Å². The third-order valence-electron chi connectivity index (χ3n) is 4.89. The van der Waals surface area contributed by atoms with Gasteiger partial charge in [0.25, 0.3) is 5.91 Å². The molecule has 1 aromatic rings. The average molecular weight is 385 g/mol. The van der Waals surface area contributed by atoms with Gasteiger partial charge in [0, 0.05) is 25.3 Å². The molecule has 0 saturated carbocycles. The van der Waals surface area contributed by atoms with Crippen LogP contribution in [0.25, 0.3) is 0 Å². The third kappa shape index (κ3) is 4.45. The maximum atomic E-state index is 12.5. The van der Waals surface area contributed by atoms with Gasteiger partial charge in [-0.3, -0.25) is 4.79 Å². The highest BCUT2D eigenvalue weighted by molar-refractivity contribution is 7.88. The first-order valence-corrected chi connectivity index (χ1v) is 10.6. The Hall–Kier alpha value is -1.87. The predicted molar refractivity (Wildman–Crippen MR) is 97.7 cm³/mol. The molecule has 0 aromatic carbocycles. The lowest BCUT2D eigenvalue weighted by molar-refractivity contribution is 0.0599. The molecule has 0 unspecified atom stereocenters. The molecule has 26 heavy (non-hydrogen) atoms. The van der Waals surface area contributed by atoms with Gasteiger partial charge in [0.1, 0.15) is 5.69 Å². The lowest BCUT2D eigenvalue weighted by Gasteiger charge is -2.30. The number of rotatable bonds is 6. The summed E-state index contributed by atoms with van der Waals surface area (Å²) in [4.78, 5) is 27.5. The SMILES string of the molecule is CCc1[nH]c(C(=O)NCC2CCN(S(C)(=O)=O)CC2)c(C)c1C(=O)OC. The molecule has 8 nitrogen and oxygen atoms in total. The average Bonchev–Trinajstić information content (AvgIpc) is 2.95. The molecule has 2 N–H and O–H groups in total. The van der Waals surface area contributed by atoms with E-state index in [-0.39, 0.29) is 11.8 Å². The molecule has 1 aliphatic rings. The number of aryl methyl sites for hydroxylation is 1. The number of nitrogens with zero attached hydrogens (tertiary/aromatic N) is 1. The van der Waals surface area contributed by atoms with Gasteiger partial charge in [0.2, 0.25) is 10.0 Å². The zero-order valence-electron chi connectivity index (χ0n) is 15.7. The van der Waals surface area contributed by atoms with Crippen LogP contribution in [0.3, 0.4) is 0 Å². The third-order valence-corrected chi connectivity index (χ3v) is 6.19. The highest BCUT2D eigenvalue weighted by atomic mass is 32.2. The summed E-state index contributed by atoms with van der Waals surface area (Å²) in [7, 11) is -1.83. The number of aromatic nitrogens is 1. The van der Waals surface area contributed by atoms with E-state index in [1.165, 1.54) is 17.7 Å². The minimum atomic E-state index is -3.15. The lowest BCUT2D eigenvalue weighted by Crippen LogP contribution is -2.41. The van der Waals surface area contributed by atoms with Gasteiger partial charge in [0.15, 0.2) is 0 Å². The molecule has 0 atom stereocenters. The van der Waals surface area contributed by atoms with Crippen molar-refractivity contribution in [1.29, 1.82) is 0 Å². The summed E-state index contributed by atoms with van der Waals surface area (Å²) in [5.41, 5.74) is 2.05. The minimum Gasteiger partial charge on any atom is -0.465 e. The molecule has 0 bridgehead atoms. The molecule has 0 aliphatic carbocycles. The maximum Gasteiger partial charge on any atom is 0.339 e. The topological polar surface area (TPSA) is 109 Å². The molecular weight excluding hydrogens is 358 g/mol. The van der Waals surface area contributed by atoms with Gasteiger partial charge >= 0.3 is 5.97 Å². The van der Waals surface area contributed by atoms with E-state index in [4.69, 9.17) is 4.74 Å². The first kappa shape index (κ1) is 20.4. The Balaban J connectivity index is 1.99. The van der Waals surface area contributed by atoms with Gasteiger partial charge in [-0.25, -0.2) is 17.5 Å². The van der Waals surface area contributed by atoms with E-state index in [1.807, 2.05) is 6.92 Å². The summed E-state index contributed by atoms with van der Waals surface area (Å²) in [6.45, 7) is 5.06. The fourth-order valence-corrected chi connectivity index (χ4v) is 4.17. The molecule has 9 heteroatoms. The molecule has 2 rings (SSSR count). The Kier molecular flexibility index (Phi) is 6.46. The number of carbonyl (C=O) groups is 2. The number of hydrogen-bond donors (Lipinski definition) is 2. The number of aromatic amines is 1. The first-order chi connectivity index (χ1) is 12.2. The van der Waals surface area contributed by atoms with Crippen LogP contribution in [0.4, 0.5) is 0 Å². The largest absolute Gasteiger partial charge is 0.465 e. The molecule has 1 aliphatic heterocycles. The first-order valence-electron chi connectivity index (χ1n) is 8.72. The molecule has 146 valence electrons. The Morgan fingerprint density at radius 1 is 1.31 bits per heavy atom. The minimum absolute atomic E-state index is 0.234. The molecule has 0 radical (unpaired) electrons. The van der Waals surface area contributed by atoms with Crippen molar-refractivity contribution in [2.24, 2.45) is 5.92 Å². The number of esters is 1. The summed E-state index contributed by atoms with van der Waals surface area (Å²) in [5, 5.41) is 2.89. The van der Waals surface area contributed by atoms with E-state index >= 15 is 0 Å². The van der Waals surface area contributed by atoms with E-state index < -0.39 is 16.0 Å². The molecule has 2 heterocycles. The second kappa shape index (κ2) is 8.22. The van der Waals surface area contributed by atoms with E-state index in [1.54, 1.807) is 6.92 Å². The molecular formula is C17H27N3O5S. The van der Waals surface area contributed by atoms with Crippen molar-refractivity contribution in [3.63, 3.8) is 0 Å². The number of carbonyl (C=O) groups excluding carboxylic acids is 2. The van der Waals surface area contributed by atoms with Crippen LogP contribution in [0.1, 0.15) is 51.9 Å². The van der Waals surface area contributed by atoms with Crippen LogP contribution in [0.2, 0.25) is 0 Å². The van der Waals surface area contributed by atoms with Crippen molar-refractivity contribution in [2.75, 3.05) is 33.0 Å². The van der Waals surface area contributed by atoms with E-state index in [0.29, 0.717) is 61.4 Å².